The Morgan fingerprint density at radius 2 is 1.24 bits per heavy atom. The Balaban J connectivity index is 1.97. The van der Waals surface area contributed by atoms with E-state index in [-0.39, 0.29) is 43.9 Å². The number of nitrogens with zero attached hydrogens (tertiary/aromatic N) is 1. The molecule has 0 saturated heterocycles. The number of rotatable bonds is 17. The average molecular weight is 618 g/mol. The molecule has 0 amide bonds. The summed E-state index contributed by atoms with van der Waals surface area (Å²) < 4.78 is 5.36. The summed E-state index contributed by atoms with van der Waals surface area (Å²) in [5.74, 6) is -2.84. The van der Waals surface area contributed by atoms with Crippen molar-refractivity contribution in [2.45, 2.75) is 84.4 Å². The fourth-order valence-electron chi connectivity index (χ4n) is 5.92. The third kappa shape index (κ3) is 10.8. The quantitative estimate of drug-likeness (QED) is 0.117. The van der Waals surface area contributed by atoms with Crippen LogP contribution in [0.4, 0.5) is 0 Å². The lowest BCUT2D eigenvalue weighted by Crippen LogP contribution is -2.46. The minimum atomic E-state index is -0.988. The number of aliphatic hydroxyl groups excluding tert-OH is 1. The Labute approximate surface area is 269 Å². The highest BCUT2D eigenvalue weighted by Gasteiger charge is 2.38. The molecule has 0 aliphatic rings. The highest BCUT2D eigenvalue weighted by atomic mass is 16.7. The Kier molecular flexibility index (Phi) is 13.8. The maximum Gasteiger partial charge on any atom is 0.309 e. The Bertz CT molecular complexity index is 1290. The van der Waals surface area contributed by atoms with Crippen molar-refractivity contribution in [3.63, 3.8) is 0 Å². The van der Waals surface area contributed by atoms with Crippen molar-refractivity contribution in [2.75, 3.05) is 13.2 Å². The second-order valence-electron chi connectivity index (χ2n) is 13.2. The van der Waals surface area contributed by atoms with Gasteiger partial charge in [-0.05, 0) is 68.6 Å². The molecule has 2 N–H and O–H groups in total. The number of aliphatic hydroxyl groups is 1. The molecule has 0 aliphatic heterocycles. The second-order valence-corrected chi connectivity index (χ2v) is 13.2. The smallest absolute Gasteiger partial charge is 0.309 e. The summed E-state index contributed by atoms with van der Waals surface area (Å²) in [4.78, 5) is 33.1. The molecular weight excluding hydrogens is 566 g/mol. The molecule has 0 aliphatic carbocycles. The molecule has 0 saturated carbocycles. The minimum absolute atomic E-state index is 0.00236. The number of esters is 1. The van der Waals surface area contributed by atoms with Gasteiger partial charge in [-0.1, -0.05) is 112 Å². The van der Waals surface area contributed by atoms with Crippen LogP contribution in [0.2, 0.25) is 0 Å². The van der Waals surface area contributed by atoms with Crippen LogP contribution in [0.1, 0.15) is 95.6 Å². The van der Waals surface area contributed by atoms with Crippen LogP contribution in [0.5, 0.6) is 0 Å². The van der Waals surface area contributed by atoms with E-state index in [0.29, 0.717) is 6.42 Å². The van der Waals surface area contributed by atoms with Crippen LogP contribution in [0, 0.1) is 17.8 Å². The van der Waals surface area contributed by atoms with E-state index in [9.17, 15) is 19.8 Å². The summed E-state index contributed by atoms with van der Waals surface area (Å²) >= 11 is 0. The Morgan fingerprint density at radius 1 is 0.733 bits per heavy atom. The molecule has 244 valence electrons. The van der Waals surface area contributed by atoms with Gasteiger partial charge < -0.3 is 14.9 Å². The molecule has 0 radical (unpaired) electrons. The summed E-state index contributed by atoms with van der Waals surface area (Å²) in [6.45, 7) is 12.2. The predicted octanol–water partition coefficient (Wildman–Crippen LogP) is 7.98. The van der Waals surface area contributed by atoms with E-state index in [1.165, 1.54) is 0 Å². The molecule has 0 fully saturated rings. The Hall–Kier alpha value is -3.52. The van der Waals surface area contributed by atoms with Gasteiger partial charge in [0.25, 0.3) is 0 Å². The van der Waals surface area contributed by atoms with Crippen molar-refractivity contribution in [3.05, 3.63) is 108 Å². The van der Waals surface area contributed by atoms with Crippen molar-refractivity contribution in [2.24, 2.45) is 17.8 Å². The predicted molar refractivity (Wildman–Crippen MR) is 177 cm³/mol. The minimum Gasteiger partial charge on any atom is -0.481 e. The first-order valence-electron chi connectivity index (χ1n) is 16.0. The molecule has 7 nitrogen and oxygen atoms in total. The van der Waals surface area contributed by atoms with Gasteiger partial charge in [0.1, 0.15) is 12.7 Å². The van der Waals surface area contributed by atoms with Gasteiger partial charge in [-0.2, -0.15) is 5.06 Å². The van der Waals surface area contributed by atoms with Gasteiger partial charge in [0.05, 0.1) is 24.5 Å². The first kappa shape index (κ1) is 36.0. The number of carbonyl (C=O) groups is 2. The summed E-state index contributed by atoms with van der Waals surface area (Å²) in [6, 6.07) is 29.7. The normalized spacial score (nSPS) is 15.3. The highest BCUT2D eigenvalue weighted by Crippen LogP contribution is 2.40. The molecule has 5 atom stereocenters. The number of carbonyl (C=O) groups excluding carboxylic acids is 1. The number of benzene rings is 3. The van der Waals surface area contributed by atoms with E-state index >= 15 is 0 Å². The van der Waals surface area contributed by atoms with Crippen molar-refractivity contribution in [1.82, 2.24) is 5.06 Å². The molecule has 3 aromatic carbocycles. The molecule has 0 spiro atoms. The summed E-state index contributed by atoms with van der Waals surface area (Å²) in [5.41, 5.74) is 2.63. The molecule has 7 heteroatoms. The van der Waals surface area contributed by atoms with Crippen LogP contribution >= 0.6 is 0 Å². The van der Waals surface area contributed by atoms with Gasteiger partial charge >= 0.3 is 11.9 Å². The van der Waals surface area contributed by atoms with Crippen LogP contribution in [0.25, 0.3) is 0 Å². The van der Waals surface area contributed by atoms with Gasteiger partial charge in [-0.25, -0.2) is 0 Å². The van der Waals surface area contributed by atoms with E-state index in [2.05, 4.69) is 46.8 Å². The highest BCUT2D eigenvalue weighted by molar-refractivity contribution is 5.75. The molecule has 45 heavy (non-hydrogen) atoms. The number of hydrogen-bond donors (Lipinski definition) is 2. The molecule has 3 rings (SSSR count). The van der Waals surface area contributed by atoms with Crippen LogP contribution in [-0.2, 0) is 19.2 Å². The number of hydroxylamine groups is 2. The van der Waals surface area contributed by atoms with Crippen molar-refractivity contribution in [1.29, 1.82) is 0 Å². The van der Waals surface area contributed by atoms with E-state index < -0.39 is 35.4 Å². The van der Waals surface area contributed by atoms with Gasteiger partial charge in [-0.15, -0.1) is 0 Å². The van der Waals surface area contributed by atoms with E-state index in [1.54, 1.807) is 0 Å². The fourth-order valence-corrected chi connectivity index (χ4v) is 5.92. The van der Waals surface area contributed by atoms with Crippen LogP contribution in [-0.4, -0.2) is 46.0 Å². The number of ether oxygens (including phenoxy) is 1. The SMILES string of the molecule is CC(CC(CC(CC(ON(C(c1ccccc1)C(C)C)C(C)(C)C)c1ccccc1)C(=O)O)C(=O)OCCO)c1ccccc1. The van der Waals surface area contributed by atoms with E-state index in [4.69, 9.17) is 9.57 Å². The number of aliphatic carboxylic acids is 1. The zero-order valence-corrected chi connectivity index (χ0v) is 27.6. The molecule has 0 heterocycles. The number of carboxylic acid groups (broad SMARTS) is 1. The summed E-state index contributed by atoms with van der Waals surface area (Å²) in [7, 11) is 0. The lowest BCUT2D eigenvalue weighted by Gasteiger charge is -2.44. The lowest BCUT2D eigenvalue weighted by atomic mass is 9.82. The topological polar surface area (TPSA) is 96.3 Å². The molecular formula is C38H51NO6. The maximum absolute atomic E-state index is 13.2. The maximum atomic E-state index is 13.2. The van der Waals surface area contributed by atoms with E-state index in [0.717, 1.165) is 16.7 Å². The zero-order valence-electron chi connectivity index (χ0n) is 27.6. The summed E-state index contributed by atoms with van der Waals surface area (Å²) in [5, 5.41) is 21.9. The third-order valence-electron chi connectivity index (χ3n) is 8.19. The van der Waals surface area contributed by atoms with Crippen LogP contribution in [0.3, 0.4) is 0 Å². The lowest BCUT2D eigenvalue weighted by molar-refractivity contribution is -0.279. The summed E-state index contributed by atoms with van der Waals surface area (Å²) in [6.07, 6.45) is 0.0874. The third-order valence-corrected chi connectivity index (χ3v) is 8.19. The number of hydrogen-bond acceptors (Lipinski definition) is 6. The van der Waals surface area contributed by atoms with Gasteiger partial charge in [0.15, 0.2) is 0 Å². The van der Waals surface area contributed by atoms with Crippen molar-refractivity contribution < 1.29 is 29.4 Å². The zero-order chi connectivity index (χ0) is 33.0. The van der Waals surface area contributed by atoms with Crippen molar-refractivity contribution >= 4 is 11.9 Å². The van der Waals surface area contributed by atoms with E-state index in [1.807, 2.05) is 90.8 Å². The molecule has 0 aromatic heterocycles. The molecule has 3 aromatic rings. The largest absolute Gasteiger partial charge is 0.481 e. The van der Waals surface area contributed by atoms with Crippen LogP contribution < -0.4 is 0 Å². The number of carboxylic acids is 1. The average Bonchev–Trinajstić information content (AvgIpc) is 3.02. The monoisotopic (exact) mass is 617 g/mol. The molecule has 5 unspecified atom stereocenters. The van der Waals surface area contributed by atoms with Gasteiger partial charge in [-0.3, -0.25) is 14.4 Å². The second kappa shape index (κ2) is 17.2. The van der Waals surface area contributed by atoms with Gasteiger partial charge in [0.2, 0.25) is 0 Å². The first-order valence-corrected chi connectivity index (χ1v) is 16.0. The first-order chi connectivity index (χ1) is 21.4. The fraction of sp³-hybridized carbons (Fsp3) is 0.474. The van der Waals surface area contributed by atoms with Crippen LogP contribution in [0.15, 0.2) is 91.0 Å². The van der Waals surface area contributed by atoms with Crippen molar-refractivity contribution in [3.8, 4) is 0 Å². The Morgan fingerprint density at radius 3 is 1.71 bits per heavy atom. The molecule has 0 bridgehead atoms. The van der Waals surface area contributed by atoms with Gasteiger partial charge in [0, 0.05) is 5.54 Å². The standard InChI is InChI=1S/C38H51NO6/c1-27(2)35(31-20-14-9-15-21-31)39(38(4,5)6)45-34(30-18-12-8-13-19-30)26-32(36(41)42)25-33(37(43)44-23-22-40)24-28(3)29-16-10-7-11-17-29/h7-21,27-28,32-35,40H,22-26H2,1-6H3,(H,41,42).